The van der Waals surface area contributed by atoms with Gasteiger partial charge in [-0.2, -0.15) is 9.97 Å². The lowest BCUT2D eigenvalue weighted by Gasteiger charge is -2.48. The third kappa shape index (κ3) is 4.17. The molecule has 8 nitrogen and oxygen atoms in total. The van der Waals surface area contributed by atoms with Gasteiger partial charge in [0.2, 0.25) is 17.7 Å². The molecule has 8 heteroatoms. The fourth-order valence-corrected chi connectivity index (χ4v) is 4.06. The van der Waals surface area contributed by atoms with Crippen molar-refractivity contribution in [2.24, 2.45) is 5.41 Å². The molecule has 0 saturated carbocycles. The van der Waals surface area contributed by atoms with Gasteiger partial charge in [0.1, 0.15) is 5.82 Å². The predicted molar refractivity (Wildman–Crippen MR) is 101 cm³/mol. The first-order valence-electron chi connectivity index (χ1n) is 9.27. The maximum atomic E-state index is 12.4. The van der Waals surface area contributed by atoms with Crippen LogP contribution in [0.2, 0.25) is 0 Å². The van der Waals surface area contributed by atoms with E-state index in [1.54, 1.807) is 7.11 Å². The van der Waals surface area contributed by atoms with Gasteiger partial charge in [-0.3, -0.25) is 4.79 Å². The minimum atomic E-state index is 0.130. The summed E-state index contributed by atoms with van der Waals surface area (Å²) in [7, 11) is 5.66. The summed E-state index contributed by atoms with van der Waals surface area (Å²) in [6, 6.07) is 1.84. The molecule has 1 amide bonds. The van der Waals surface area contributed by atoms with E-state index in [4.69, 9.17) is 10.5 Å². The van der Waals surface area contributed by atoms with Crippen molar-refractivity contribution in [3.63, 3.8) is 0 Å². The lowest BCUT2D eigenvalue weighted by Crippen LogP contribution is -2.55. The SMILES string of the molecule is COc1cc(N2CCC[C@@]3(CCC(=O)N(CCN(C)C)C3)C2)nc(N)n1. The van der Waals surface area contributed by atoms with Gasteiger partial charge in [0, 0.05) is 50.6 Å². The highest BCUT2D eigenvalue weighted by atomic mass is 16.5. The average molecular weight is 362 g/mol. The first-order chi connectivity index (χ1) is 12.4. The number of ether oxygens (including phenoxy) is 1. The van der Waals surface area contributed by atoms with E-state index in [0.717, 1.165) is 57.8 Å². The molecule has 1 aromatic heterocycles. The number of nitrogens with zero attached hydrogens (tertiary/aromatic N) is 5. The van der Waals surface area contributed by atoms with Gasteiger partial charge >= 0.3 is 0 Å². The van der Waals surface area contributed by atoms with Crippen LogP contribution < -0.4 is 15.4 Å². The maximum Gasteiger partial charge on any atom is 0.225 e. The van der Waals surface area contributed by atoms with Crippen molar-refractivity contribution in [3.05, 3.63) is 6.07 Å². The number of carbonyl (C=O) groups is 1. The van der Waals surface area contributed by atoms with E-state index < -0.39 is 0 Å². The Kier molecular flexibility index (Phi) is 5.50. The van der Waals surface area contributed by atoms with Gasteiger partial charge in [0.25, 0.3) is 0 Å². The second-order valence-corrected chi connectivity index (χ2v) is 7.77. The Hall–Kier alpha value is -2.09. The van der Waals surface area contributed by atoms with Crippen LogP contribution in [0.15, 0.2) is 6.07 Å². The number of carbonyl (C=O) groups excluding carboxylic acids is 1. The van der Waals surface area contributed by atoms with Crippen LogP contribution in [0.5, 0.6) is 5.88 Å². The second kappa shape index (κ2) is 7.65. The smallest absolute Gasteiger partial charge is 0.225 e. The van der Waals surface area contributed by atoms with Gasteiger partial charge in [0.05, 0.1) is 7.11 Å². The molecule has 0 aliphatic carbocycles. The van der Waals surface area contributed by atoms with Crippen LogP contribution in [0.25, 0.3) is 0 Å². The van der Waals surface area contributed by atoms with Gasteiger partial charge in [-0.1, -0.05) is 0 Å². The zero-order chi connectivity index (χ0) is 18.7. The number of amides is 1. The maximum absolute atomic E-state index is 12.4. The Labute approximate surface area is 155 Å². The Morgan fingerprint density at radius 1 is 1.31 bits per heavy atom. The van der Waals surface area contributed by atoms with Crippen LogP contribution in [0.3, 0.4) is 0 Å². The Bertz CT molecular complexity index is 653. The summed E-state index contributed by atoms with van der Waals surface area (Å²) in [5, 5.41) is 0. The Morgan fingerprint density at radius 2 is 2.12 bits per heavy atom. The van der Waals surface area contributed by atoms with Crippen molar-refractivity contribution in [2.75, 3.05) is 64.6 Å². The first-order valence-corrected chi connectivity index (χ1v) is 9.27. The fraction of sp³-hybridized carbons (Fsp3) is 0.722. The number of nitrogen functional groups attached to an aromatic ring is 1. The molecule has 1 spiro atoms. The third-order valence-electron chi connectivity index (χ3n) is 5.47. The summed E-state index contributed by atoms with van der Waals surface area (Å²) in [6.45, 7) is 4.34. The molecule has 2 saturated heterocycles. The van der Waals surface area contributed by atoms with Gasteiger partial charge < -0.3 is 25.2 Å². The predicted octanol–water partition coefficient (Wildman–Crippen LogP) is 0.838. The highest BCUT2D eigenvalue weighted by molar-refractivity contribution is 5.77. The zero-order valence-electron chi connectivity index (χ0n) is 16.1. The zero-order valence-corrected chi connectivity index (χ0v) is 16.1. The molecule has 0 radical (unpaired) electrons. The van der Waals surface area contributed by atoms with E-state index in [0.29, 0.717) is 12.3 Å². The van der Waals surface area contributed by atoms with Crippen LogP contribution in [0.1, 0.15) is 25.7 Å². The summed E-state index contributed by atoms with van der Waals surface area (Å²) < 4.78 is 5.23. The van der Waals surface area contributed by atoms with E-state index in [1.165, 1.54) is 0 Å². The molecule has 3 heterocycles. The molecule has 2 fully saturated rings. The molecular weight excluding hydrogens is 332 g/mol. The molecule has 3 rings (SSSR count). The number of nitrogens with two attached hydrogens (primary N) is 1. The second-order valence-electron chi connectivity index (χ2n) is 7.77. The summed E-state index contributed by atoms with van der Waals surface area (Å²) in [6.07, 6.45) is 3.81. The minimum absolute atomic E-state index is 0.130. The molecule has 2 N–H and O–H groups in total. The number of hydrogen-bond acceptors (Lipinski definition) is 7. The van der Waals surface area contributed by atoms with Crippen molar-refractivity contribution in [1.29, 1.82) is 0 Å². The summed E-state index contributed by atoms with van der Waals surface area (Å²) in [4.78, 5) is 27.3. The number of likely N-dealkylation sites (N-methyl/N-ethyl adjacent to an activating group) is 1. The molecule has 0 aromatic carbocycles. The normalized spacial score (nSPS) is 23.8. The van der Waals surface area contributed by atoms with E-state index >= 15 is 0 Å². The number of likely N-dealkylation sites (tertiary alicyclic amines) is 1. The topological polar surface area (TPSA) is 87.8 Å². The molecule has 1 aromatic rings. The van der Waals surface area contributed by atoms with Gasteiger partial charge in [-0.25, -0.2) is 0 Å². The molecule has 26 heavy (non-hydrogen) atoms. The molecule has 1 atom stereocenters. The number of anilines is 2. The number of rotatable bonds is 5. The lowest BCUT2D eigenvalue weighted by atomic mass is 9.73. The van der Waals surface area contributed by atoms with E-state index in [1.807, 2.05) is 25.1 Å². The van der Waals surface area contributed by atoms with Crippen LogP contribution in [0.4, 0.5) is 11.8 Å². The van der Waals surface area contributed by atoms with Crippen molar-refractivity contribution in [3.8, 4) is 5.88 Å². The lowest BCUT2D eigenvalue weighted by molar-refractivity contribution is -0.138. The van der Waals surface area contributed by atoms with Crippen LogP contribution in [-0.2, 0) is 4.79 Å². The summed E-state index contributed by atoms with van der Waals surface area (Å²) in [5.74, 6) is 1.80. The molecule has 0 unspecified atom stereocenters. The molecular formula is C18H30N6O2. The summed E-state index contributed by atoms with van der Waals surface area (Å²) in [5.41, 5.74) is 5.96. The number of piperidine rings is 2. The standard InChI is InChI=1S/C18H30N6O2/c1-22(2)9-10-24-13-18(7-5-16(24)25)6-4-8-23(12-18)14-11-15(26-3)21-17(19)20-14/h11H,4-10,12-13H2,1-3H3,(H2,19,20,21)/t18-/m1/s1. The Morgan fingerprint density at radius 3 is 2.85 bits per heavy atom. The van der Waals surface area contributed by atoms with Crippen LogP contribution in [0, 0.1) is 5.41 Å². The van der Waals surface area contributed by atoms with Crippen molar-refractivity contribution < 1.29 is 9.53 Å². The molecule has 2 aliphatic rings. The Balaban J connectivity index is 1.74. The van der Waals surface area contributed by atoms with Crippen molar-refractivity contribution in [1.82, 2.24) is 19.8 Å². The highest BCUT2D eigenvalue weighted by Crippen LogP contribution is 2.40. The average Bonchev–Trinajstić information content (AvgIpc) is 2.62. The monoisotopic (exact) mass is 362 g/mol. The number of aromatic nitrogens is 2. The van der Waals surface area contributed by atoms with Crippen molar-refractivity contribution in [2.45, 2.75) is 25.7 Å². The van der Waals surface area contributed by atoms with Gasteiger partial charge in [0.15, 0.2) is 0 Å². The van der Waals surface area contributed by atoms with Gasteiger partial charge in [-0.05, 0) is 33.4 Å². The minimum Gasteiger partial charge on any atom is -0.481 e. The van der Waals surface area contributed by atoms with Gasteiger partial charge in [-0.15, -0.1) is 0 Å². The molecule has 144 valence electrons. The van der Waals surface area contributed by atoms with E-state index in [9.17, 15) is 4.79 Å². The molecule has 2 aliphatic heterocycles. The van der Waals surface area contributed by atoms with E-state index in [2.05, 4.69) is 19.8 Å². The number of hydrogen-bond donors (Lipinski definition) is 1. The third-order valence-corrected chi connectivity index (χ3v) is 5.47. The van der Waals surface area contributed by atoms with E-state index in [-0.39, 0.29) is 17.3 Å². The number of methoxy groups -OCH3 is 1. The quantitative estimate of drug-likeness (QED) is 0.830. The summed E-state index contributed by atoms with van der Waals surface area (Å²) >= 11 is 0. The first kappa shape index (κ1) is 18.7. The van der Waals surface area contributed by atoms with Crippen LogP contribution in [-0.4, -0.2) is 79.6 Å². The largest absolute Gasteiger partial charge is 0.481 e. The fourth-order valence-electron chi connectivity index (χ4n) is 4.06. The van der Waals surface area contributed by atoms with Crippen molar-refractivity contribution >= 4 is 17.7 Å². The van der Waals surface area contributed by atoms with Crippen LogP contribution >= 0.6 is 0 Å². The molecule has 0 bridgehead atoms. The highest BCUT2D eigenvalue weighted by Gasteiger charge is 2.42.